The van der Waals surface area contributed by atoms with Gasteiger partial charge in [-0.1, -0.05) is 18.2 Å². The molecule has 0 bridgehead atoms. The molecule has 2 aromatic carbocycles. The van der Waals surface area contributed by atoms with Crippen molar-refractivity contribution in [3.63, 3.8) is 0 Å². The van der Waals surface area contributed by atoms with Crippen LogP contribution >= 0.6 is 0 Å². The van der Waals surface area contributed by atoms with E-state index in [-0.39, 0.29) is 17.3 Å². The number of nitriles is 1. The van der Waals surface area contributed by atoms with Gasteiger partial charge in [0, 0.05) is 17.3 Å². The number of benzene rings is 2. The highest BCUT2D eigenvalue weighted by molar-refractivity contribution is 5.83. The number of halogens is 2. The van der Waals surface area contributed by atoms with Crippen LogP contribution in [0.3, 0.4) is 0 Å². The molecule has 3 heterocycles. The maximum atomic E-state index is 14.3. The summed E-state index contributed by atoms with van der Waals surface area (Å²) in [6, 6.07) is 12.1. The number of nitrogens with zero attached hydrogens (tertiary/aromatic N) is 6. The number of rotatable bonds is 4. The molecule has 0 amide bonds. The summed E-state index contributed by atoms with van der Waals surface area (Å²) in [4.78, 5) is 8.74. The molecule has 4 N–H and O–H groups in total. The summed E-state index contributed by atoms with van der Waals surface area (Å²) >= 11 is 0. The van der Waals surface area contributed by atoms with E-state index in [2.05, 4.69) is 31.3 Å². The summed E-state index contributed by atoms with van der Waals surface area (Å²) in [7, 11) is 0. The molecule has 1 unspecified atom stereocenters. The van der Waals surface area contributed by atoms with E-state index in [1.807, 2.05) is 0 Å². The van der Waals surface area contributed by atoms with Crippen LogP contribution in [0.15, 0.2) is 48.7 Å². The van der Waals surface area contributed by atoms with E-state index in [4.69, 9.17) is 5.73 Å². The molecule has 0 aliphatic carbocycles. The van der Waals surface area contributed by atoms with Gasteiger partial charge in [0.25, 0.3) is 0 Å². The highest BCUT2D eigenvalue weighted by Crippen LogP contribution is 2.35. The number of aliphatic hydroxyl groups excluding tert-OH is 1. The minimum absolute atomic E-state index is 0.0257. The fourth-order valence-corrected chi connectivity index (χ4v) is 3.77. The monoisotopic (exact) mass is 458 g/mol. The highest BCUT2D eigenvalue weighted by atomic mass is 19.1. The average Bonchev–Trinajstić information content (AvgIpc) is 3.46. The van der Waals surface area contributed by atoms with Crippen LogP contribution in [0.25, 0.3) is 28.2 Å². The van der Waals surface area contributed by atoms with E-state index in [1.54, 1.807) is 37.4 Å². The molecule has 9 nitrogen and oxygen atoms in total. The Morgan fingerprint density at radius 2 is 1.88 bits per heavy atom. The van der Waals surface area contributed by atoms with E-state index in [9.17, 15) is 19.1 Å². The van der Waals surface area contributed by atoms with Crippen molar-refractivity contribution in [3.8, 4) is 28.6 Å². The van der Waals surface area contributed by atoms with Crippen LogP contribution in [-0.4, -0.2) is 34.9 Å². The van der Waals surface area contributed by atoms with Gasteiger partial charge >= 0.3 is 0 Å². The molecule has 0 spiro atoms. The molecule has 34 heavy (non-hydrogen) atoms. The van der Waals surface area contributed by atoms with Crippen LogP contribution in [0.4, 0.5) is 14.6 Å². The Kier molecular flexibility index (Phi) is 4.99. The Hall–Kier alpha value is -4.69. The van der Waals surface area contributed by atoms with Crippen molar-refractivity contribution < 1.29 is 13.9 Å². The molecular weight excluding hydrogens is 442 g/mol. The zero-order chi connectivity index (χ0) is 24.0. The maximum absolute atomic E-state index is 14.3. The van der Waals surface area contributed by atoms with Crippen molar-refractivity contribution >= 4 is 11.5 Å². The van der Waals surface area contributed by atoms with Crippen LogP contribution in [0.5, 0.6) is 0 Å². The molecule has 0 aliphatic heterocycles. The van der Waals surface area contributed by atoms with E-state index < -0.39 is 23.3 Å². The Morgan fingerprint density at radius 3 is 2.56 bits per heavy atom. The van der Waals surface area contributed by atoms with Gasteiger partial charge in [-0.25, -0.2) is 23.3 Å². The molecule has 168 valence electrons. The standard InChI is InChI=1S/C23H16F2N8O/c1-11-14(10-28-31-11)19-18(13-5-2-4-12(8-13)9-26)29-21(27)23-30-22(32-33(19)23)20(34)17-15(24)6-3-7-16(17)25/h2-8,10,20,34H,1H3,(H2,27,29)(H,28,31). The maximum Gasteiger partial charge on any atom is 0.199 e. The van der Waals surface area contributed by atoms with Gasteiger partial charge in [0.2, 0.25) is 0 Å². The Morgan fingerprint density at radius 1 is 1.15 bits per heavy atom. The molecule has 0 saturated carbocycles. The molecule has 3 aromatic heterocycles. The molecule has 0 aliphatic rings. The van der Waals surface area contributed by atoms with Crippen molar-refractivity contribution in [2.75, 3.05) is 5.73 Å². The largest absolute Gasteiger partial charge is 0.381 e. The zero-order valence-corrected chi connectivity index (χ0v) is 17.7. The summed E-state index contributed by atoms with van der Waals surface area (Å²) < 4.78 is 29.9. The normalized spacial score (nSPS) is 12.1. The number of hydrogen-bond donors (Lipinski definition) is 3. The van der Waals surface area contributed by atoms with Gasteiger partial charge in [-0.2, -0.15) is 10.4 Å². The lowest BCUT2D eigenvalue weighted by molar-refractivity contribution is 0.199. The summed E-state index contributed by atoms with van der Waals surface area (Å²) in [6.07, 6.45) is -0.155. The third-order valence-corrected chi connectivity index (χ3v) is 5.39. The highest BCUT2D eigenvalue weighted by Gasteiger charge is 2.27. The number of fused-ring (bicyclic) bond motifs is 1. The SMILES string of the molecule is Cc1n[nH]cc1-c1c(-c2cccc(C#N)c2)nc(N)c2nc(C(O)c3c(F)cccc3F)nn12. The first-order valence-corrected chi connectivity index (χ1v) is 10.1. The topological polar surface area (TPSA) is 142 Å². The van der Waals surface area contributed by atoms with Crippen LogP contribution < -0.4 is 5.73 Å². The quantitative estimate of drug-likeness (QED) is 0.375. The number of nitrogen functional groups attached to an aromatic ring is 1. The Labute approximate surface area is 191 Å². The van der Waals surface area contributed by atoms with Crippen LogP contribution in [0.2, 0.25) is 0 Å². The van der Waals surface area contributed by atoms with E-state index in [0.29, 0.717) is 33.8 Å². The summed E-state index contributed by atoms with van der Waals surface area (Å²) in [6.45, 7) is 1.77. The number of aryl methyl sites for hydroxylation is 1. The van der Waals surface area contributed by atoms with Crippen molar-refractivity contribution in [2.24, 2.45) is 0 Å². The summed E-state index contributed by atoms with van der Waals surface area (Å²) in [5, 5.41) is 31.4. The van der Waals surface area contributed by atoms with Gasteiger partial charge in [-0.05, 0) is 31.2 Å². The van der Waals surface area contributed by atoms with Gasteiger partial charge in [0.05, 0.1) is 28.6 Å². The number of nitrogens with two attached hydrogens (primary N) is 1. The molecule has 5 aromatic rings. The van der Waals surface area contributed by atoms with Crippen molar-refractivity contribution in [1.29, 1.82) is 5.26 Å². The summed E-state index contributed by atoms with van der Waals surface area (Å²) in [5.74, 6) is -2.15. The van der Waals surface area contributed by atoms with Gasteiger partial charge in [0.15, 0.2) is 17.3 Å². The Bertz CT molecular complexity index is 1580. The first-order chi connectivity index (χ1) is 16.4. The second kappa shape index (κ2) is 8.02. The van der Waals surface area contributed by atoms with Crippen molar-refractivity contribution in [1.82, 2.24) is 29.8 Å². The number of anilines is 1. The molecular formula is C23H16F2N8O. The predicted octanol–water partition coefficient (Wildman–Crippen LogP) is 3.30. The van der Waals surface area contributed by atoms with Gasteiger partial charge in [-0.3, -0.25) is 5.10 Å². The molecule has 0 saturated heterocycles. The van der Waals surface area contributed by atoms with Gasteiger partial charge in [0.1, 0.15) is 23.4 Å². The predicted molar refractivity (Wildman–Crippen MR) is 118 cm³/mol. The van der Waals surface area contributed by atoms with Crippen LogP contribution in [-0.2, 0) is 0 Å². The van der Waals surface area contributed by atoms with E-state index >= 15 is 0 Å². The lowest BCUT2D eigenvalue weighted by atomic mass is 10.0. The lowest BCUT2D eigenvalue weighted by Gasteiger charge is -2.12. The van der Waals surface area contributed by atoms with E-state index in [1.165, 1.54) is 10.6 Å². The molecule has 11 heteroatoms. The molecule has 0 radical (unpaired) electrons. The first-order valence-electron chi connectivity index (χ1n) is 10.1. The average molecular weight is 458 g/mol. The number of H-pyrrole nitrogens is 1. The van der Waals surface area contributed by atoms with Crippen molar-refractivity contribution in [3.05, 3.63) is 82.9 Å². The van der Waals surface area contributed by atoms with Crippen LogP contribution in [0.1, 0.15) is 28.7 Å². The van der Waals surface area contributed by atoms with Gasteiger partial charge < -0.3 is 10.8 Å². The fourth-order valence-electron chi connectivity index (χ4n) is 3.77. The van der Waals surface area contributed by atoms with Crippen molar-refractivity contribution in [2.45, 2.75) is 13.0 Å². The third-order valence-electron chi connectivity index (χ3n) is 5.39. The number of aliphatic hydroxyl groups is 1. The number of aromatic amines is 1. The Balaban J connectivity index is 1.80. The summed E-state index contributed by atoms with van der Waals surface area (Å²) in [5.41, 5.74) is 8.72. The smallest absolute Gasteiger partial charge is 0.199 e. The first kappa shape index (κ1) is 21.2. The zero-order valence-electron chi connectivity index (χ0n) is 17.7. The molecule has 5 rings (SSSR count). The second-order valence-electron chi connectivity index (χ2n) is 7.51. The lowest BCUT2D eigenvalue weighted by Crippen LogP contribution is -2.08. The second-order valence-corrected chi connectivity index (χ2v) is 7.51. The minimum Gasteiger partial charge on any atom is -0.381 e. The van der Waals surface area contributed by atoms with Gasteiger partial charge in [-0.15, -0.1) is 5.10 Å². The molecule has 1 atom stereocenters. The molecule has 0 fully saturated rings. The third kappa shape index (κ3) is 3.33. The number of aromatic nitrogens is 6. The fraction of sp³-hybridized carbons (Fsp3) is 0.0870. The number of hydrogen-bond acceptors (Lipinski definition) is 7. The van der Waals surface area contributed by atoms with Crippen LogP contribution in [0, 0.1) is 29.9 Å². The van der Waals surface area contributed by atoms with E-state index in [0.717, 1.165) is 12.1 Å². The minimum atomic E-state index is -1.79. The number of nitrogens with one attached hydrogen (secondary N) is 1.